The van der Waals surface area contributed by atoms with Crippen LogP contribution in [0.3, 0.4) is 0 Å². The molecule has 0 aromatic heterocycles. The van der Waals surface area contributed by atoms with Crippen molar-refractivity contribution in [2.24, 2.45) is 17.8 Å². The summed E-state index contributed by atoms with van der Waals surface area (Å²) < 4.78 is 12.1. The molecule has 1 heterocycles. The Kier molecular flexibility index (Phi) is 7.01. The van der Waals surface area contributed by atoms with Gasteiger partial charge < -0.3 is 14.4 Å². The molecule has 1 aliphatic heterocycles. The highest BCUT2D eigenvalue weighted by Crippen LogP contribution is 2.37. The van der Waals surface area contributed by atoms with E-state index in [-0.39, 0.29) is 11.2 Å². The van der Waals surface area contributed by atoms with E-state index >= 15 is 0 Å². The zero-order chi connectivity index (χ0) is 18.8. The average Bonchev–Trinajstić information content (AvgIpc) is 2.41. The molecule has 3 heteroatoms. The minimum atomic E-state index is -0.00849. The number of hydrogen-bond acceptors (Lipinski definition) is 3. The van der Waals surface area contributed by atoms with Crippen LogP contribution in [0, 0.1) is 17.8 Å². The highest BCUT2D eigenvalue weighted by atomic mass is 16.5. The summed E-state index contributed by atoms with van der Waals surface area (Å²) in [4.78, 5) is 2.74. The minimum absolute atomic E-state index is 0.00487. The van der Waals surface area contributed by atoms with Crippen LogP contribution in [0.4, 0.5) is 0 Å². The van der Waals surface area contributed by atoms with Gasteiger partial charge in [-0.15, -0.1) is 0 Å². The van der Waals surface area contributed by atoms with Gasteiger partial charge in [-0.3, -0.25) is 0 Å². The molecule has 3 nitrogen and oxygen atoms in total. The summed E-state index contributed by atoms with van der Waals surface area (Å²) in [6.45, 7) is 21.3. The van der Waals surface area contributed by atoms with Crippen LogP contribution in [0.25, 0.3) is 0 Å². The van der Waals surface area contributed by atoms with E-state index in [1.807, 2.05) is 0 Å². The van der Waals surface area contributed by atoms with Gasteiger partial charge in [0.15, 0.2) is 0 Å². The number of nitrogens with zero attached hydrogens (tertiary/aromatic N) is 1. The molecule has 1 saturated carbocycles. The molecule has 0 aromatic carbocycles. The van der Waals surface area contributed by atoms with Crippen molar-refractivity contribution < 1.29 is 9.47 Å². The van der Waals surface area contributed by atoms with Crippen molar-refractivity contribution in [3.63, 3.8) is 0 Å². The first-order valence-electron chi connectivity index (χ1n) is 10.5. The fraction of sp³-hybridized carbons (Fsp3) is 1.00. The Labute approximate surface area is 156 Å². The minimum Gasteiger partial charge on any atom is -0.376 e. The Hall–Kier alpha value is -0.120. The summed E-state index contributed by atoms with van der Waals surface area (Å²) in [5.74, 6) is 2.41. The van der Waals surface area contributed by atoms with Crippen LogP contribution in [0.15, 0.2) is 0 Å². The third kappa shape index (κ3) is 6.84. The third-order valence-corrected chi connectivity index (χ3v) is 6.10. The smallest absolute Gasteiger partial charge is 0.0602 e. The van der Waals surface area contributed by atoms with Gasteiger partial charge in [0, 0.05) is 19.2 Å². The van der Waals surface area contributed by atoms with E-state index < -0.39 is 0 Å². The van der Waals surface area contributed by atoms with Gasteiger partial charge in [-0.1, -0.05) is 6.92 Å². The maximum atomic E-state index is 6.10. The Morgan fingerprint density at radius 3 is 2.16 bits per heavy atom. The zero-order valence-electron chi connectivity index (χ0n) is 18.1. The molecule has 148 valence electrons. The number of rotatable bonds is 6. The second-order valence-corrected chi connectivity index (χ2v) is 10.6. The highest BCUT2D eigenvalue weighted by Gasteiger charge is 2.38. The molecule has 0 radical (unpaired) electrons. The fourth-order valence-electron chi connectivity index (χ4n) is 4.46. The van der Waals surface area contributed by atoms with E-state index in [1.165, 1.54) is 38.8 Å². The Morgan fingerprint density at radius 2 is 1.60 bits per heavy atom. The first-order valence-corrected chi connectivity index (χ1v) is 10.5. The number of hydrogen-bond donors (Lipinski definition) is 0. The van der Waals surface area contributed by atoms with Crippen LogP contribution in [0.5, 0.6) is 0 Å². The summed E-state index contributed by atoms with van der Waals surface area (Å²) in [5.41, 5.74) is -0.00361. The zero-order valence-corrected chi connectivity index (χ0v) is 18.1. The topological polar surface area (TPSA) is 21.7 Å². The van der Waals surface area contributed by atoms with Gasteiger partial charge in [-0.05, 0) is 98.4 Å². The predicted molar refractivity (Wildman–Crippen MR) is 106 cm³/mol. The van der Waals surface area contributed by atoms with Gasteiger partial charge in [-0.2, -0.15) is 0 Å². The average molecular weight is 354 g/mol. The van der Waals surface area contributed by atoms with E-state index in [4.69, 9.17) is 9.47 Å². The quantitative estimate of drug-likeness (QED) is 0.660. The summed E-state index contributed by atoms with van der Waals surface area (Å²) >= 11 is 0. The molecule has 1 aliphatic carbocycles. The van der Waals surface area contributed by atoms with E-state index in [2.05, 4.69) is 60.3 Å². The molecule has 0 amide bonds. The van der Waals surface area contributed by atoms with E-state index in [1.54, 1.807) is 0 Å². The lowest BCUT2D eigenvalue weighted by atomic mass is 9.77. The van der Waals surface area contributed by atoms with Crippen molar-refractivity contribution in [2.75, 3.05) is 19.7 Å². The number of ether oxygens (including phenoxy) is 2. The summed E-state index contributed by atoms with van der Waals surface area (Å²) in [5, 5.41) is 0. The molecule has 2 fully saturated rings. The molecule has 1 saturated heterocycles. The van der Waals surface area contributed by atoms with Crippen molar-refractivity contribution in [3.8, 4) is 0 Å². The van der Waals surface area contributed by atoms with Crippen LogP contribution < -0.4 is 0 Å². The van der Waals surface area contributed by atoms with E-state index in [0.29, 0.717) is 12.1 Å². The van der Waals surface area contributed by atoms with Crippen LogP contribution in [0.1, 0.15) is 81.1 Å². The maximum Gasteiger partial charge on any atom is 0.0602 e. The van der Waals surface area contributed by atoms with Crippen molar-refractivity contribution in [3.05, 3.63) is 0 Å². The van der Waals surface area contributed by atoms with Gasteiger partial charge >= 0.3 is 0 Å². The normalized spacial score (nSPS) is 34.8. The SMILES string of the molecule is C[C@H]1[C@@H](CCOC(C)(C)C)CCN(CC2CC(OC(C)(C)C)C2)[C@H]1C. The Morgan fingerprint density at radius 1 is 0.960 bits per heavy atom. The first kappa shape index (κ1) is 21.2. The van der Waals surface area contributed by atoms with Gasteiger partial charge in [-0.25, -0.2) is 0 Å². The molecule has 0 spiro atoms. The lowest BCUT2D eigenvalue weighted by molar-refractivity contribution is -0.119. The van der Waals surface area contributed by atoms with Crippen LogP contribution in [-0.4, -0.2) is 47.9 Å². The van der Waals surface area contributed by atoms with Crippen molar-refractivity contribution in [1.82, 2.24) is 4.90 Å². The van der Waals surface area contributed by atoms with Crippen molar-refractivity contribution in [2.45, 2.75) is 104 Å². The van der Waals surface area contributed by atoms with Gasteiger partial charge in [0.05, 0.1) is 17.3 Å². The standard InChI is InChI=1S/C22H43NO2/c1-16-17(2)23(11-9-19(16)10-12-24-21(3,4)5)15-18-13-20(14-18)25-22(6,7)8/h16-20H,9-15H2,1-8H3/t16-,17+,18?,19-,20?/m1/s1. The highest BCUT2D eigenvalue weighted by molar-refractivity contribution is 4.90. The van der Waals surface area contributed by atoms with Crippen LogP contribution >= 0.6 is 0 Å². The summed E-state index contributed by atoms with van der Waals surface area (Å²) in [6, 6.07) is 0.691. The van der Waals surface area contributed by atoms with Gasteiger partial charge in [0.2, 0.25) is 0 Å². The monoisotopic (exact) mass is 353 g/mol. The van der Waals surface area contributed by atoms with E-state index in [9.17, 15) is 0 Å². The largest absolute Gasteiger partial charge is 0.376 e. The Bertz CT molecular complexity index is 403. The summed E-state index contributed by atoms with van der Waals surface area (Å²) in [7, 11) is 0. The number of likely N-dealkylation sites (tertiary alicyclic amines) is 1. The molecule has 25 heavy (non-hydrogen) atoms. The summed E-state index contributed by atoms with van der Waals surface area (Å²) in [6.07, 6.45) is 5.52. The van der Waals surface area contributed by atoms with E-state index in [0.717, 1.165) is 24.4 Å². The van der Waals surface area contributed by atoms with Gasteiger partial charge in [0.1, 0.15) is 0 Å². The van der Waals surface area contributed by atoms with Crippen molar-refractivity contribution >= 4 is 0 Å². The molecule has 2 aliphatic rings. The van der Waals surface area contributed by atoms with Crippen LogP contribution in [-0.2, 0) is 9.47 Å². The molecular formula is C22H43NO2. The lowest BCUT2D eigenvalue weighted by Crippen LogP contribution is -2.51. The van der Waals surface area contributed by atoms with Crippen molar-refractivity contribution in [1.29, 1.82) is 0 Å². The van der Waals surface area contributed by atoms with Gasteiger partial charge in [0.25, 0.3) is 0 Å². The molecule has 0 unspecified atom stereocenters. The first-order chi connectivity index (χ1) is 11.4. The molecular weight excluding hydrogens is 310 g/mol. The fourth-order valence-corrected chi connectivity index (χ4v) is 4.46. The van der Waals surface area contributed by atoms with Crippen LogP contribution in [0.2, 0.25) is 0 Å². The maximum absolute atomic E-state index is 6.10. The third-order valence-electron chi connectivity index (χ3n) is 6.10. The number of piperidine rings is 1. The molecule has 3 atom stereocenters. The molecule has 0 aromatic rings. The Balaban J connectivity index is 1.70. The second kappa shape index (κ2) is 8.27. The predicted octanol–water partition coefficient (Wildman–Crippen LogP) is 5.13. The second-order valence-electron chi connectivity index (χ2n) is 10.6. The molecule has 0 N–H and O–H groups in total. The molecule has 2 rings (SSSR count). The lowest BCUT2D eigenvalue weighted by Gasteiger charge is -2.47. The molecule has 0 bridgehead atoms.